The molecule has 0 radical (unpaired) electrons. The maximum absolute atomic E-state index is 4.42. The van der Waals surface area contributed by atoms with Crippen molar-refractivity contribution >= 4 is 23.6 Å². The van der Waals surface area contributed by atoms with Crippen molar-refractivity contribution in [2.45, 2.75) is 84.2 Å². The summed E-state index contributed by atoms with van der Waals surface area (Å²) in [4.78, 5) is 4.42. The van der Waals surface area contributed by atoms with Gasteiger partial charge in [0.25, 0.3) is 0 Å². The van der Waals surface area contributed by atoms with Crippen molar-refractivity contribution in [2.24, 2.45) is 0 Å². The highest BCUT2D eigenvalue weighted by Crippen LogP contribution is 2.16. The Morgan fingerprint density at radius 3 is 1.70 bits per heavy atom. The van der Waals surface area contributed by atoms with E-state index >= 15 is 0 Å². The van der Waals surface area contributed by atoms with Gasteiger partial charge >= 0.3 is 0 Å². The lowest BCUT2D eigenvalue weighted by Gasteiger charge is -2.34. The number of benzene rings is 3. The average Bonchev–Trinajstić information content (AvgIpc) is 3.46. The van der Waals surface area contributed by atoms with Gasteiger partial charge in [-0.05, 0) is 52.4 Å². The monoisotopic (exact) mass is 508 g/mol. The highest BCUT2D eigenvalue weighted by Gasteiger charge is 2.40. The third-order valence-corrected chi connectivity index (χ3v) is 12.5. The van der Waals surface area contributed by atoms with E-state index in [9.17, 15) is 0 Å². The fourth-order valence-electron chi connectivity index (χ4n) is 5.65. The van der Waals surface area contributed by atoms with Gasteiger partial charge in [0.1, 0.15) is 0 Å². The molecule has 0 spiro atoms. The molecule has 1 aromatic heterocycles. The Balaban J connectivity index is 1.80. The van der Waals surface area contributed by atoms with Crippen molar-refractivity contribution in [3.05, 3.63) is 109 Å². The van der Waals surface area contributed by atoms with E-state index in [0.717, 1.165) is 19.0 Å². The van der Waals surface area contributed by atoms with Gasteiger partial charge in [-0.2, -0.15) is 0 Å². The van der Waals surface area contributed by atoms with E-state index in [-0.39, 0.29) is 0 Å². The second kappa shape index (κ2) is 14.1. The van der Waals surface area contributed by atoms with E-state index in [1.807, 2.05) is 12.5 Å². The van der Waals surface area contributed by atoms with E-state index in [2.05, 4.69) is 108 Å². The molecule has 0 aliphatic carbocycles. The standard InChI is InChI=1S/C34H44N2Si/c1-3-5-7-10-16-30-18-14-22-33(26-30)37(29-36-25-24-35-28-36,32-20-12-9-13-21-32)34-23-15-19-31(27-34)17-11-8-6-4-2/h9,12-15,18-28H,3-8,10-11,16-17,29H2,1-2H3. The summed E-state index contributed by atoms with van der Waals surface area (Å²) >= 11 is 0. The van der Waals surface area contributed by atoms with Gasteiger partial charge in [0.05, 0.1) is 6.33 Å². The van der Waals surface area contributed by atoms with Crippen LogP contribution in [-0.4, -0.2) is 17.6 Å². The summed E-state index contributed by atoms with van der Waals surface area (Å²) in [5.41, 5.74) is 2.95. The Morgan fingerprint density at radius 1 is 0.622 bits per heavy atom. The summed E-state index contributed by atoms with van der Waals surface area (Å²) in [6, 6.07) is 30.5. The normalized spacial score (nSPS) is 11.6. The molecule has 0 unspecified atom stereocenters. The van der Waals surface area contributed by atoms with Crippen LogP contribution in [-0.2, 0) is 19.0 Å². The van der Waals surface area contributed by atoms with E-state index in [4.69, 9.17) is 0 Å². The van der Waals surface area contributed by atoms with Crippen LogP contribution in [0.3, 0.4) is 0 Å². The van der Waals surface area contributed by atoms with Crippen LogP contribution in [0.25, 0.3) is 0 Å². The molecular formula is C34H44N2Si. The topological polar surface area (TPSA) is 17.8 Å². The molecule has 1 heterocycles. The molecule has 3 heteroatoms. The van der Waals surface area contributed by atoms with Crippen LogP contribution in [0.15, 0.2) is 97.6 Å². The quantitative estimate of drug-likeness (QED) is 0.0976. The number of nitrogens with zero attached hydrogens (tertiary/aromatic N) is 2. The van der Waals surface area contributed by atoms with Gasteiger partial charge in [0.15, 0.2) is 8.07 Å². The van der Waals surface area contributed by atoms with Crippen LogP contribution in [0.2, 0.25) is 0 Å². The highest BCUT2D eigenvalue weighted by molar-refractivity contribution is 7.10. The predicted octanol–water partition coefficient (Wildman–Crippen LogP) is 6.84. The van der Waals surface area contributed by atoms with Crippen LogP contribution in [0.4, 0.5) is 0 Å². The Bertz CT molecular complexity index is 1130. The third kappa shape index (κ3) is 7.10. The van der Waals surface area contributed by atoms with Crippen molar-refractivity contribution in [1.29, 1.82) is 0 Å². The van der Waals surface area contributed by atoms with Crippen molar-refractivity contribution in [3.63, 3.8) is 0 Å². The number of aryl methyl sites for hydroxylation is 2. The molecule has 0 aliphatic heterocycles. The molecule has 0 N–H and O–H groups in total. The summed E-state index contributed by atoms with van der Waals surface area (Å²) in [5.74, 6) is 0. The fourth-order valence-corrected chi connectivity index (χ4v) is 10.3. The molecule has 3 aromatic carbocycles. The van der Waals surface area contributed by atoms with Crippen LogP contribution in [0.1, 0.15) is 76.3 Å². The molecule has 0 amide bonds. The number of hydrogen-bond donors (Lipinski definition) is 0. The van der Waals surface area contributed by atoms with E-state index in [1.165, 1.54) is 78.1 Å². The first kappa shape index (κ1) is 27.1. The minimum atomic E-state index is -2.38. The van der Waals surface area contributed by atoms with Gasteiger partial charge in [-0.3, -0.25) is 0 Å². The summed E-state index contributed by atoms with van der Waals surface area (Å²) in [7, 11) is -2.38. The second-order valence-electron chi connectivity index (χ2n) is 10.5. The van der Waals surface area contributed by atoms with Gasteiger partial charge in [-0.15, -0.1) is 0 Å². The molecular weight excluding hydrogens is 464 g/mol. The first-order chi connectivity index (χ1) is 18.3. The molecule has 0 atom stereocenters. The maximum Gasteiger partial charge on any atom is 0.168 e. The van der Waals surface area contributed by atoms with E-state index in [0.29, 0.717) is 0 Å². The first-order valence-electron chi connectivity index (χ1n) is 14.5. The minimum absolute atomic E-state index is 0.954. The zero-order valence-electron chi connectivity index (χ0n) is 22.9. The average molecular weight is 509 g/mol. The molecule has 37 heavy (non-hydrogen) atoms. The van der Waals surface area contributed by atoms with Gasteiger partial charge in [0, 0.05) is 18.6 Å². The summed E-state index contributed by atoms with van der Waals surface area (Å²) in [6.45, 7) is 4.57. The lowest BCUT2D eigenvalue weighted by Crippen LogP contribution is -2.69. The number of hydrogen-bond acceptors (Lipinski definition) is 1. The van der Waals surface area contributed by atoms with Crippen molar-refractivity contribution in [2.75, 3.05) is 0 Å². The molecule has 0 saturated carbocycles. The lowest BCUT2D eigenvalue weighted by molar-refractivity contribution is 0.667. The van der Waals surface area contributed by atoms with Gasteiger partial charge in [-0.1, -0.05) is 131 Å². The zero-order valence-corrected chi connectivity index (χ0v) is 23.9. The fraction of sp³-hybridized carbons (Fsp3) is 0.382. The lowest BCUT2D eigenvalue weighted by atomic mass is 10.1. The Hall–Kier alpha value is -2.91. The van der Waals surface area contributed by atoms with Crippen molar-refractivity contribution < 1.29 is 0 Å². The van der Waals surface area contributed by atoms with Crippen LogP contribution in [0.5, 0.6) is 0 Å². The molecule has 4 aromatic rings. The van der Waals surface area contributed by atoms with Gasteiger partial charge < -0.3 is 4.57 Å². The molecule has 0 fully saturated rings. The molecule has 194 valence electrons. The van der Waals surface area contributed by atoms with Crippen molar-refractivity contribution in [3.8, 4) is 0 Å². The second-order valence-corrected chi connectivity index (χ2v) is 14.4. The number of rotatable bonds is 15. The Kier molecular flexibility index (Phi) is 10.4. The van der Waals surface area contributed by atoms with Crippen LogP contribution >= 0.6 is 0 Å². The van der Waals surface area contributed by atoms with Gasteiger partial charge in [-0.25, -0.2) is 4.98 Å². The van der Waals surface area contributed by atoms with Crippen LogP contribution < -0.4 is 15.6 Å². The molecule has 4 rings (SSSR count). The number of imidazole rings is 1. The van der Waals surface area contributed by atoms with Gasteiger partial charge in [0.2, 0.25) is 0 Å². The zero-order chi connectivity index (χ0) is 25.8. The number of aromatic nitrogens is 2. The number of unbranched alkanes of at least 4 members (excludes halogenated alkanes) is 6. The smallest absolute Gasteiger partial charge is 0.168 e. The first-order valence-corrected chi connectivity index (χ1v) is 16.7. The Labute approximate surface area is 225 Å². The maximum atomic E-state index is 4.42. The minimum Gasteiger partial charge on any atom is -0.339 e. The van der Waals surface area contributed by atoms with E-state index in [1.54, 1.807) is 0 Å². The SMILES string of the molecule is CCCCCCc1cccc([Si](Cn2ccnc2)(c2ccccc2)c2cccc(CCCCCC)c2)c1. The molecule has 0 aliphatic rings. The summed E-state index contributed by atoms with van der Waals surface area (Å²) in [5, 5.41) is 4.47. The van der Waals surface area contributed by atoms with Crippen molar-refractivity contribution in [1.82, 2.24) is 9.55 Å². The summed E-state index contributed by atoms with van der Waals surface area (Å²) in [6.07, 6.45) is 19.7. The summed E-state index contributed by atoms with van der Waals surface area (Å²) < 4.78 is 2.31. The largest absolute Gasteiger partial charge is 0.339 e. The Morgan fingerprint density at radius 2 is 1.19 bits per heavy atom. The van der Waals surface area contributed by atoms with E-state index < -0.39 is 8.07 Å². The predicted molar refractivity (Wildman–Crippen MR) is 162 cm³/mol. The highest BCUT2D eigenvalue weighted by atomic mass is 28.3. The third-order valence-electron chi connectivity index (χ3n) is 7.72. The molecule has 0 saturated heterocycles. The van der Waals surface area contributed by atoms with Crippen LogP contribution in [0, 0.1) is 0 Å². The molecule has 0 bridgehead atoms. The molecule has 2 nitrogen and oxygen atoms in total.